The van der Waals surface area contributed by atoms with E-state index in [1.165, 1.54) is 11.9 Å². The summed E-state index contributed by atoms with van der Waals surface area (Å²) in [5.74, 6) is -0.280. The highest BCUT2D eigenvalue weighted by Gasteiger charge is 2.65. The van der Waals surface area contributed by atoms with E-state index in [-0.39, 0.29) is 18.0 Å². The van der Waals surface area contributed by atoms with E-state index in [0.29, 0.717) is 12.1 Å². The predicted molar refractivity (Wildman–Crippen MR) is 74.6 cm³/mol. The van der Waals surface area contributed by atoms with Gasteiger partial charge in [-0.3, -0.25) is 9.69 Å². The molecule has 3 aliphatic heterocycles. The van der Waals surface area contributed by atoms with Crippen LogP contribution in [0.2, 0.25) is 0 Å². The Morgan fingerprint density at radius 2 is 2.10 bits per heavy atom. The van der Waals surface area contributed by atoms with Crippen LogP contribution in [-0.4, -0.2) is 68.6 Å². The summed E-state index contributed by atoms with van der Waals surface area (Å²) in [6.45, 7) is 0. The number of rotatable bonds is 0. The molecule has 4 aliphatic rings. The Kier molecular flexibility index (Phi) is 2.55. The predicted octanol–water partition coefficient (Wildman–Crippen LogP) is -0.659. The Morgan fingerprint density at radius 1 is 1.38 bits per heavy atom. The molecule has 21 heavy (non-hydrogen) atoms. The largest absolute Gasteiger partial charge is 0.368 e. The number of aliphatic hydroxyl groups is 1. The van der Waals surface area contributed by atoms with Crippen molar-refractivity contribution in [2.24, 2.45) is 0 Å². The molecule has 4 rings (SSSR count). The highest BCUT2D eigenvalue weighted by molar-refractivity contribution is 6.31. The van der Waals surface area contributed by atoms with Gasteiger partial charge in [0.15, 0.2) is 5.72 Å². The van der Waals surface area contributed by atoms with Gasteiger partial charge in [0.05, 0.1) is 17.5 Å². The Labute approximate surface area is 130 Å². The molecule has 3 heterocycles. The molecule has 0 aromatic rings. The second-order valence-electron chi connectivity index (χ2n) is 5.91. The maximum atomic E-state index is 12.2. The number of carbonyl (C=O) groups is 2. The van der Waals surface area contributed by atoms with Crippen LogP contribution >= 0.6 is 23.2 Å². The van der Waals surface area contributed by atoms with E-state index >= 15 is 0 Å². The van der Waals surface area contributed by atoms with Gasteiger partial charge in [-0.25, -0.2) is 4.79 Å². The number of halogens is 2. The summed E-state index contributed by atoms with van der Waals surface area (Å²) in [7, 11) is 1.54. The minimum Gasteiger partial charge on any atom is -0.368 e. The molecular weight excluding hydrogens is 319 g/mol. The molecule has 2 unspecified atom stereocenters. The molecule has 0 aromatic heterocycles. The molecule has 0 spiro atoms. The van der Waals surface area contributed by atoms with E-state index in [4.69, 9.17) is 23.2 Å². The Balaban J connectivity index is 1.74. The molecular formula is C12H14Cl2N4O3. The summed E-state index contributed by atoms with van der Waals surface area (Å²) in [4.78, 5) is 27.0. The van der Waals surface area contributed by atoms with E-state index in [0.717, 1.165) is 0 Å². The van der Waals surface area contributed by atoms with E-state index in [1.54, 1.807) is 11.0 Å². The van der Waals surface area contributed by atoms with Gasteiger partial charge in [0.2, 0.25) is 0 Å². The minimum atomic E-state index is -1.34. The molecule has 0 bridgehead atoms. The second kappa shape index (κ2) is 3.97. The van der Waals surface area contributed by atoms with Crippen LogP contribution < -0.4 is 10.6 Å². The number of nitrogens with one attached hydrogen (secondary N) is 2. The number of fused-ring (bicyclic) bond motifs is 5. The zero-order chi connectivity index (χ0) is 15.1. The molecule has 6 atom stereocenters. The molecule has 1 aliphatic carbocycles. The van der Waals surface area contributed by atoms with Gasteiger partial charge in [-0.2, -0.15) is 0 Å². The van der Waals surface area contributed by atoms with Gasteiger partial charge >= 0.3 is 6.03 Å². The third kappa shape index (κ3) is 1.49. The van der Waals surface area contributed by atoms with Crippen LogP contribution in [0.5, 0.6) is 0 Å². The lowest BCUT2D eigenvalue weighted by Gasteiger charge is -2.41. The van der Waals surface area contributed by atoms with Gasteiger partial charge in [0.1, 0.15) is 17.2 Å². The smallest absolute Gasteiger partial charge is 0.319 e. The SMILES string of the molecule is CN1C(=O)N[C@H]2[C@@H]3NC(=O)C4=CC(Cl)C(Cl)N4[C@@H]3C[C@]21O. The molecule has 2 saturated heterocycles. The van der Waals surface area contributed by atoms with E-state index < -0.39 is 28.7 Å². The summed E-state index contributed by atoms with van der Waals surface area (Å²) < 4.78 is 0. The number of urea groups is 1. The van der Waals surface area contributed by atoms with Crippen LogP contribution in [0.15, 0.2) is 11.8 Å². The third-order valence-electron chi connectivity index (χ3n) is 4.96. The lowest BCUT2D eigenvalue weighted by atomic mass is 10.0. The second-order valence-corrected chi connectivity index (χ2v) is 6.86. The monoisotopic (exact) mass is 332 g/mol. The topological polar surface area (TPSA) is 84.9 Å². The van der Waals surface area contributed by atoms with Gasteiger partial charge in [0, 0.05) is 13.5 Å². The Morgan fingerprint density at radius 3 is 2.81 bits per heavy atom. The summed E-state index contributed by atoms with van der Waals surface area (Å²) in [6, 6.07) is -1.53. The summed E-state index contributed by atoms with van der Waals surface area (Å²) >= 11 is 12.4. The maximum absolute atomic E-state index is 12.2. The molecule has 3 amide bonds. The molecule has 3 fully saturated rings. The van der Waals surface area contributed by atoms with Crippen molar-refractivity contribution in [1.82, 2.24) is 20.4 Å². The number of carbonyl (C=O) groups excluding carboxylic acids is 2. The van der Waals surface area contributed by atoms with Crippen LogP contribution in [0.1, 0.15) is 6.42 Å². The first-order valence-corrected chi connectivity index (χ1v) is 7.58. The summed E-state index contributed by atoms with van der Waals surface area (Å²) in [5.41, 5.74) is -1.44. The van der Waals surface area contributed by atoms with Crippen molar-refractivity contribution in [3.8, 4) is 0 Å². The number of nitrogens with zero attached hydrogens (tertiary/aromatic N) is 2. The molecule has 7 nitrogen and oxygen atoms in total. The van der Waals surface area contributed by atoms with Gasteiger partial charge in [-0.05, 0) is 6.08 Å². The number of hydrogen-bond acceptors (Lipinski definition) is 4. The quantitative estimate of drug-likeness (QED) is 0.406. The summed E-state index contributed by atoms with van der Waals surface area (Å²) in [5, 5.41) is 16.0. The standard InChI is InChI=1S/C12H14Cl2N4O3/c1-17-11(20)16-8-7-6(3-12(8,17)21)18-5(10(19)15-7)2-4(13)9(18)14/h2,4,6-9,21H,3H2,1H3,(H,15,19)(H,16,20)/t4?,6-,7-,8+,9?,12+/m1/s1. The number of likely N-dealkylation sites (N-methyl/N-ethyl adjacent to an activating group) is 1. The molecule has 0 radical (unpaired) electrons. The minimum absolute atomic E-state index is 0.210. The summed E-state index contributed by atoms with van der Waals surface area (Å²) in [6.07, 6.45) is 1.92. The highest BCUT2D eigenvalue weighted by atomic mass is 35.5. The van der Waals surface area contributed by atoms with Crippen LogP contribution in [0.4, 0.5) is 4.79 Å². The molecule has 0 aromatic carbocycles. The van der Waals surface area contributed by atoms with Gasteiger partial charge < -0.3 is 20.6 Å². The van der Waals surface area contributed by atoms with Crippen LogP contribution in [0.3, 0.4) is 0 Å². The average Bonchev–Trinajstić information content (AvgIpc) is 2.95. The fourth-order valence-electron chi connectivity index (χ4n) is 3.86. The van der Waals surface area contributed by atoms with Crippen molar-refractivity contribution >= 4 is 35.1 Å². The number of alkyl halides is 2. The van der Waals surface area contributed by atoms with Crippen LogP contribution in [-0.2, 0) is 4.79 Å². The maximum Gasteiger partial charge on any atom is 0.319 e. The van der Waals surface area contributed by atoms with Gasteiger partial charge in [0.25, 0.3) is 5.91 Å². The lowest BCUT2D eigenvalue weighted by Crippen LogP contribution is -2.62. The molecule has 1 saturated carbocycles. The van der Waals surface area contributed by atoms with Crippen molar-refractivity contribution in [3.05, 3.63) is 11.8 Å². The van der Waals surface area contributed by atoms with Crippen molar-refractivity contribution in [3.63, 3.8) is 0 Å². The number of hydrogen-bond donors (Lipinski definition) is 3. The third-order valence-corrected chi connectivity index (χ3v) is 5.93. The van der Waals surface area contributed by atoms with E-state index in [1.807, 2.05) is 0 Å². The fraction of sp³-hybridized carbons (Fsp3) is 0.667. The normalized spacial score (nSPS) is 47.6. The van der Waals surface area contributed by atoms with Crippen molar-refractivity contribution < 1.29 is 14.7 Å². The first-order chi connectivity index (χ1) is 9.84. The van der Waals surface area contributed by atoms with Crippen molar-refractivity contribution in [1.29, 1.82) is 0 Å². The Bertz CT molecular complexity index is 585. The lowest BCUT2D eigenvalue weighted by molar-refractivity contribution is -0.122. The van der Waals surface area contributed by atoms with Crippen molar-refractivity contribution in [2.45, 2.75) is 41.1 Å². The molecule has 114 valence electrons. The fourth-order valence-corrected chi connectivity index (χ4v) is 4.42. The van der Waals surface area contributed by atoms with E-state index in [9.17, 15) is 14.7 Å². The zero-order valence-corrected chi connectivity index (χ0v) is 12.6. The Hall–Kier alpha value is -1.18. The van der Waals surface area contributed by atoms with Gasteiger partial charge in [-0.1, -0.05) is 11.6 Å². The van der Waals surface area contributed by atoms with Crippen molar-refractivity contribution in [2.75, 3.05) is 7.05 Å². The molecule has 3 N–H and O–H groups in total. The van der Waals surface area contributed by atoms with E-state index in [2.05, 4.69) is 10.6 Å². The van der Waals surface area contributed by atoms with Crippen LogP contribution in [0.25, 0.3) is 0 Å². The highest BCUT2D eigenvalue weighted by Crippen LogP contribution is 2.45. The first kappa shape index (κ1) is 13.5. The number of piperazine rings is 1. The molecule has 9 heteroatoms. The van der Waals surface area contributed by atoms with Gasteiger partial charge in [-0.15, -0.1) is 11.6 Å². The zero-order valence-electron chi connectivity index (χ0n) is 11.1. The van der Waals surface area contributed by atoms with Crippen LogP contribution in [0, 0.1) is 0 Å². The average molecular weight is 333 g/mol. The number of amides is 3. The first-order valence-electron chi connectivity index (χ1n) is 6.70.